The van der Waals surface area contributed by atoms with E-state index in [1.165, 1.54) is 36.0 Å². The second-order valence-corrected chi connectivity index (χ2v) is 6.21. The Bertz CT molecular complexity index is 833. The van der Waals surface area contributed by atoms with Crippen LogP contribution >= 0.6 is 11.6 Å². The minimum atomic E-state index is 0.757. The Balaban J connectivity index is 1.97. The highest BCUT2D eigenvalue weighted by Crippen LogP contribution is 2.33. The van der Waals surface area contributed by atoms with Gasteiger partial charge in [-0.25, -0.2) is 4.98 Å². The third kappa shape index (κ3) is 2.06. The molecule has 0 bridgehead atoms. The zero-order valence-corrected chi connectivity index (χ0v) is 12.8. The highest BCUT2D eigenvalue weighted by molar-refractivity contribution is 6.31. The van der Waals surface area contributed by atoms with Crippen molar-refractivity contribution in [3.8, 4) is 11.4 Å². The largest absolute Gasteiger partial charge is 0.327 e. The van der Waals surface area contributed by atoms with Crippen LogP contribution in [0.4, 0.5) is 0 Å². The SMILES string of the molecule is Cn1c(-c2cccc3c2CCCC3)nc2ccc(Cl)cc21. The van der Waals surface area contributed by atoms with Gasteiger partial charge in [0.05, 0.1) is 11.0 Å². The normalized spacial score (nSPS) is 14.4. The van der Waals surface area contributed by atoms with E-state index in [0.29, 0.717) is 0 Å². The molecule has 0 saturated carbocycles. The van der Waals surface area contributed by atoms with E-state index < -0.39 is 0 Å². The maximum Gasteiger partial charge on any atom is 0.141 e. The van der Waals surface area contributed by atoms with Crippen molar-refractivity contribution in [2.75, 3.05) is 0 Å². The molecule has 3 heteroatoms. The predicted molar refractivity (Wildman–Crippen MR) is 87.8 cm³/mol. The number of benzene rings is 2. The lowest BCUT2D eigenvalue weighted by Gasteiger charge is -2.19. The molecule has 0 amide bonds. The molecule has 0 spiro atoms. The van der Waals surface area contributed by atoms with Crippen molar-refractivity contribution < 1.29 is 0 Å². The first-order valence-corrected chi connectivity index (χ1v) is 7.85. The second kappa shape index (κ2) is 4.88. The van der Waals surface area contributed by atoms with E-state index in [9.17, 15) is 0 Å². The molecular weight excluding hydrogens is 280 g/mol. The van der Waals surface area contributed by atoms with Crippen LogP contribution in [0.15, 0.2) is 36.4 Å². The van der Waals surface area contributed by atoms with Gasteiger partial charge in [0.2, 0.25) is 0 Å². The predicted octanol–water partition coefficient (Wildman–Crippen LogP) is 4.77. The summed E-state index contributed by atoms with van der Waals surface area (Å²) in [6.45, 7) is 0. The summed E-state index contributed by atoms with van der Waals surface area (Å²) in [5.74, 6) is 1.05. The second-order valence-electron chi connectivity index (χ2n) is 5.78. The summed E-state index contributed by atoms with van der Waals surface area (Å²) in [5.41, 5.74) is 6.34. The maximum absolute atomic E-state index is 6.12. The fourth-order valence-corrected chi connectivity index (χ4v) is 3.56. The number of rotatable bonds is 1. The van der Waals surface area contributed by atoms with Crippen molar-refractivity contribution in [2.24, 2.45) is 7.05 Å². The van der Waals surface area contributed by atoms with E-state index in [1.54, 1.807) is 0 Å². The van der Waals surface area contributed by atoms with Crippen molar-refractivity contribution in [1.29, 1.82) is 0 Å². The van der Waals surface area contributed by atoms with Crippen LogP contribution in [0, 0.1) is 0 Å². The van der Waals surface area contributed by atoms with Gasteiger partial charge in [0.15, 0.2) is 0 Å². The van der Waals surface area contributed by atoms with Crippen LogP contribution in [0.5, 0.6) is 0 Å². The highest BCUT2D eigenvalue weighted by Gasteiger charge is 2.18. The molecule has 4 rings (SSSR count). The van der Waals surface area contributed by atoms with Gasteiger partial charge >= 0.3 is 0 Å². The number of halogens is 1. The quantitative estimate of drug-likeness (QED) is 0.632. The molecule has 1 aliphatic rings. The van der Waals surface area contributed by atoms with Crippen molar-refractivity contribution in [1.82, 2.24) is 9.55 Å². The van der Waals surface area contributed by atoms with Gasteiger partial charge in [-0.05, 0) is 55.0 Å². The number of nitrogens with zero attached hydrogens (tertiary/aromatic N) is 2. The molecule has 0 fully saturated rings. The van der Waals surface area contributed by atoms with Gasteiger partial charge in [0, 0.05) is 17.6 Å². The van der Waals surface area contributed by atoms with Crippen molar-refractivity contribution in [3.63, 3.8) is 0 Å². The molecule has 0 radical (unpaired) electrons. The van der Waals surface area contributed by atoms with Crippen LogP contribution in [-0.2, 0) is 19.9 Å². The fourth-order valence-electron chi connectivity index (χ4n) is 3.39. The van der Waals surface area contributed by atoms with E-state index in [-0.39, 0.29) is 0 Å². The van der Waals surface area contributed by atoms with Crippen LogP contribution in [0.25, 0.3) is 22.4 Å². The molecule has 0 N–H and O–H groups in total. The molecule has 0 atom stereocenters. The van der Waals surface area contributed by atoms with Crippen LogP contribution in [0.1, 0.15) is 24.0 Å². The summed E-state index contributed by atoms with van der Waals surface area (Å²) in [4.78, 5) is 4.84. The molecule has 1 aromatic heterocycles. The minimum absolute atomic E-state index is 0.757. The number of hydrogen-bond acceptors (Lipinski definition) is 1. The van der Waals surface area contributed by atoms with Crippen molar-refractivity contribution in [3.05, 3.63) is 52.5 Å². The van der Waals surface area contributed by atoms with Gasteiger partial charge < -0.3 is 4.57 Å². The molecule has 2 nitrogen and oxygen atoms in total. The first-order valence-electron chi connectivity index (χ1n) is 7.47. The molecule has 3 aromatic rings. The average Bonchev–Trinajstić information content (AvgIpc) is 2.83. The van der Waals surface area contributed by atoms with E-state index in [4.69, 9.17) is 16.6 Å². The molecule has 106 valence electrons. The Labute approximate surface area is 129 Å². The van der Waals surface area contributed by atoms with Gasteiger partial charge in [-0.3, -0.25) is 0 Å². The number of hydrogen-bond donors (Lipinski definition) is 0. The van der Waals surface area contributed by atoms with Crippen LogP contribution in [0.2, 0.25) is 5.02 Å². The van der Waals surface area contributed by atoms with E-state index in [1.807, 2.05) is 18.2 Å². The number of aromatic nitrogens is 2. The lowest BCUT2D eigenvalue weighted by molar-refractivity contribution is 0.686. The number of fused-ring (bicyclic) bond motifs is 2. The van der Waals surface area contributed by atoms with Gasteiger partial charge in [0.25, 0.3) is 0 Å². The molecule has 1 heterocycles. The summed E-state index contributed by atoms with van der Waals surface area (Å²) in [5, 5.41) is 0.757. The number of imidazole rings is 1. The summed E-state index contributed by atoms with van der Waals surface area (Å²) in [6, 6.07) is 12.5. The van der Waals surface area contributed by atoms with Gasteiger partial charge in [0.1, 0.15) is 5.82 Å². The molecule has 1 aliphatic carbocycles. The zero-order valence-electron chi connectivity index (χ0n) is 12.1. The number of aryl methyl sites for hydroxylation is 2. The van der Waals surface area contributed by atoms with E-state index in [0.717, 1.165) is 28.3 Å². The Morgan fingerprint density at radius 1 is 1.10 bits per heavy atom. The topological polar surface area (TPSA) is 17.8 Å². The maximum atomic E-state index is 6.12. The zero-order chi connectivity index (χ0) is 14.4. The summed E-state index contributed by atoms with van der Waals surface area (Å²) in [7, 11) is 2.07. The van der Waals surface area contributed by atoms with E-state index in [2.05, 4.69) is 29.8 Å². The fraction of sp³-hybridized carbons (Fsp3) is 0.278. The molecule has 0 unspecified atom stereocenters. The van der Waals surface area contributed by atoms with Gasteiger partial charge in [-0.1, -0.05) is 29.8 Å². The standard InChI is InChI=1S/C18H17ClN2/c1-21-17-11-13(19)9-10-16(17)20-18(21)15-8-4-6-12-5-2-3-7-14(12)15/h4,6,8-11H,2-3,5,7H2,1H3. The first kappa shape index (κ1) is 12.9. The summed E-state index contributed by atoms with van der Waals surface area (Å²) in [6.07, 6.45) is 4.93. The van der Waals surface area contributed by atoms with Gasteiger partial charge in [-0.15, -0.1) is 0 Å². The third-order valence-corrected chi connectivity index (χ3v) is 4.71. The molecule has 2 aromatic carbocycles. The third-order valence-electron chi connectivity index (χ3n) is 4.48. The molecule has 21 heavy (non-hydrogen) atoms. The first-order chi connectivity index (χ1) is 10.2. The van der Waals surface area contributed by atoms with Crippen molar-refractivity contribution >= 4 is 22.6 Å². The minimum Gasteiger partial charge on any atom is -0.327 e. The van der Waals surface area contributed by atoms with E-state index >= 15 is 0 Å². The Kier molecular flexibility index (Phi) is 3.00. The Morgan fingerprint density at radius 2 is 1.95 bits per heavy atom. The Hall–Kier alpha value is -1.80. The lowest BCUT2D eigenvalue weighted by atomic mass is 9.88. The molecule has 0 aliphatic heterocycles. The van der Waals surface area contributed by atoms with Gasteiger partial charge in [-0.2, -0.15) is 0 Å². The molecular formula is C18H17ClN2. The lowest BCUT2D eigenvalue weighted by Crippen LogP contribution is -2.06. The Morgan fingerprint density at radius 3 is 2.86 bits per heavy atom. The summed E-state index contributed by atoms with van der Waals surface area (Å²) < 4.78 is 2.16. The smallest absolute Gasteiger partial charge is 0.141 e. The van der Waals surface area contributed by atoms with Crippen LogP contribution < -0.4 is 0 Å². The molecule has 0 saturated heterocycles. The average molecular weight is 297 g/mol. The van der Waals surface area contributed by atoms with Crippen molar-refractivity contribution in [2.45, 2.75) is 25.7 Å². The van der Waals surface area contributed by atoms with Crippen LogP contribution in [-0.4, -0.2) is 9.55 Å². The highest BCUT2D eigenvalue weighted by atomic mass is 35.5. The monoisotopic (exact) mass is 296 g/mol. The summed E-state index contributed by atoms with van der Waals surface area (Å²) >= 11 is 6.12. The van der Waals surface area contributed by atoms with Crippen LogP contribution in [0.3, 0.4) is 0 Å².